The van der Waals surface area contributed by atoms with Crippen molar-refractivity contribution in [1.82, 2.24) is 20.1 Å². The zero-order chi connectivity index (χ0) is 21.3. The molecule has 0 saturated heterocycles. The summed E-state index contributed by atoms with van der Waals surface area (Å²) in [6, 6.07) is 3.54. The van der Waals surface area contributed by atoms with Gasteiger partial charge in [0.1, 0.15) is 5.69 Å². The van der Waals surface area contributed by atoms with E-state index in [9.17, 15) is 9.59 Å². The highest BCUT2D eigenvalue weighted by Gasteiger charge is 2.22. The van der Waals surface area contributed by atoms with Crippen molar-refractivity contribution in [2.24, 2.45) is 0 Å². The molecule has 2 aromatic heterocycles. The smallest absolute Gasteiger partial charge is 0.356 e. The van der Waals surface area contributed by atoms with Gasteiger partial charge in [0, 0.05) is 38.9 Å². The van der Waals surface area contributed by atoms with Crippen molar-refractivity contribution < 1.29 is 19.1 Å². The van der Waals surface area contributed by atoms with Gasteiger partial charge in [-0.2, -0.15) is 5.10 Å². The standard InChI is InChI=1S/C22H30N4O4/c1-3-17-20-19(7-4-12-29-13-5-9-24-21(20)27)26(25-17)11-6-14-30-22(28)18-15-16(2)8-10-23-18/h8,10,15H,3-7,9,11-14H2,1-2H3,(H,24,27). The third-order valence-electron chi connectivity index (χ3n) is 5.02. The molecule has 1 amide bonds. The molecule has 8 nitrogen and oxygen atoms in total. The van der Waals surface area contributed by atoms with Gasteiger partial charge >= 0.3 is 5.97 Å². The van der Waals surface area contributed by atoms with E-state index in [0.717, 1.165) is 36.2 Å². The molecule has 0 aromatic carbocycles. The van der Waals surface area contributed by atoms with E-state index >= 15 is 0 Å². The largest absolute Gasteiger partial charge is 0.461 e. The zero-order valence-electron chi connectivity index (χ0n) is 17.8. The summed E-state index contributed by atoms with van der Waals surface area (Å²) in [4.78, 5) is 28.9. The lowest BCUT2D eigenvalue weighted by atomic mass is 10.1. The van der Waals surface area contributed by atoms with E-state index in [1.807, 2.05) is 24.6 Å². The van der Waals surface area contributed by atoms with E-state index in [1.165, 1.54) is 0 Å². The zero-order valence-corrected chi connectivity index (χ0v) is 17.8. The van der Waals surface area contributed by atoms with Crippen molar-refractivity contribution in [2.75, 3.05) is 26.4 Å². The number of hydrogen-bond donors (Lipinski definition) is 1. The molecule has 0 saturated carbocycles. The van der Waals surface area contributed by atoms with Crippen LogP contribution in [0.15, 0.2) is 18.3 Å². The van der Waals surface area contributed by atoms with Crippen molar-refractivity contribution in [2.45, 2.75) is 52.5 Å². The van der Waals surface area contributed by atoms with Crippen LogP contribution in [-0.4, -0.2) is 53.0 Å². The van der Waals surface area contributed by atoms with Crippen LogP contribution in [0.2, 0.25) is 0 Å². The molecule has 1 aliphatic rings. The Hall–Kier alpha value is -2.74. The molecule has 1 aliphatic heterocycles. The van der Waals surface area contributed by atoms with Crippen LogP contribution in [0.3, 0.4) is 0 Å². The van der Waals surface area contributed by atoms with E-state index in [1.54, 1.807) is 12.3 Å². The summed E-state index contributed by atoms with van der Waals surface area (Å²) >= 11 is 0. The number of carbonyl (C=O) groups excluding carboxylic acids is 2. The van der Waals surface area contributed by atoms with Crippen LogP contribution in [-0.2, 0) is 28.9 Å². The number of ether oxygens (including phenoxy) is 2. The van der Waals surface area contributed by atoms with E-state index in [0.29, 0.717) is 50.4 Å². The highest BCUT2D eigenvalue weighted by molar-refractivity contribution is 5.96. The fourth-order valence-electron chi connectivity index (χ4n) is 3.51. The van der Waals surface area contributed by atoms with Gasteiger partial charge in [-0.15, -0.1) is 0 Å². The molecular formula is C22H30N4O4. The Balaban J connectivity index is 1.65. The van der Waals surface area contributed by atoms with E-state index in [2.05, 4.69) is 15.4 Å². The minimum absolute atomic E-state index is 0.0630. The molecule has 2 aromatic rings. The lowest BCUT2D eigenvalue weighted by Crippen LogP contribution is -2.26. The summed E-state index contributed by atoms with van der Waals surface area (Å²) in [7, 11) is 0. The van der Waals surface area contributed by atoms with Crippen LogP contribution < -0.4 is 5.32 Å². The number of rotatable bonds is 6. The summed E-state index contributed by atoms with van der Waals surface area (Å²) in [6.07, 6.45) is 5.26. The Morgan fingerprint density at radius 2 is 2.17 bits per heavy atom. The first-order valence-corrected chi connectivity index (χ1v) is 10.6. The SMILES string of the molecule is CCc1nn(CCCOC(=O)c2cc(C)ccn2)c2c1C(=O)NCCCOCCC2. The lowest BCUT2D eigenvalue weighted by Gasteiger charge is -2.10. The molecule has 0 aliphatic carbocycles. The summed E-state index contributed by atoms with van der Waals surface area (Å²) in [5.41, 5.74) is 3.71. The van der Waals surface area contributed by atoms with Crippen molar-refractivity contribution in [3.05, 3.63) is 46.5 Å². The van der Waals surface area contributed by atoms with Crippen LogP contribution in [0.4, 0.5) is 0 Å². The monoisotopic (exact) mass is 414 g/mol. The molecule has 30 heavy (non-hydrogen) atoms. The first-order chi connectivity index (χ1) is 14.6. The third-order valence-corrected chi connectivity index (χ3v) is 5.02. The first-order valence-electron chi connectivity index (χ1n) is 10.6. The van der Waals surface area contributed by atoms with Gasteiger partial charge in [-0.1, -0.05) is 6.92 Å². The highest BCUT2D eigenvalue weighted by atomic mass is 16.5. The second-order valence-corrected chi connectivity index (χ2v) is 7.38. The fourth-order valence-corrected chi connectivity index (χ4v) is 3.51. The van der Waals surface area contributed by atoms with Gasteiger partial charge in [-0.25, -0.2) is 9.78 Å². The van der Waals surface area contributed by atoms with E-state index in [4.69, 9.17) is 9.47 Å². The normalized spacial score (nSPS) is 15.1. The highest BCUT2D eigenvalue weighted by Crippen LogP contribution is 2.19. The van der Waals surface area contributed by atoms with Gasteiger partial charge in [0.25, 0.3) is 5.91 Å². The number of carbonyl (C=O) groups is 2. The molecular weight excluding hydrogens is 384 g/mol. The van der Waals surface area contributed by atoms with Gasteiger partial charge in [0.05, 0.1) is 23.6 Å². The van der Waals surface area contributed by atoms with Crippen molar-refractivity contribution in [1.29, 1.82) is 0 Å². The predicted octanol–water partition coefficient (Wildman–Crippen LogP) is 2.48. The van der Waals surface area contributed by atoms with Crippen molar-refractivity contribution in [3.63, 3.8) is 0 Å². The molecule has 0 unspecified atom stereocenters. The molecule has 0 atom stereocenters. The van der Waals surface area contributed by atoms with E-state index < -0.39 is 5.97 Å². The number of nitrogens with zero attached hydrogens (tertiary/aromatic N) is 3. The van der Waals surface area contributed by atoms with Gasteiger partial charge in [0.15, 0.2) is 0 Å². The quantitative estimate of drug-likeness (QED) is 0.576. The molecule has 8 heteroatoms. The number of aryl methyl sites for hydroxylation is 3. The first kappa shape index (κ1) is 22.0. The summed E-state index contributed by atoms with van der Waals surface area (Å²) in [6.45, 7) is 6.67. The maximum absolute atomic E-state index is 12.8. The van der Waals surface area contributed by atoms with Gasteiger partial charge in [0.2, 0.25) is 0 Å². The molecule has 0 bridgehead atoms. The number of nitrogens with one attached hydrogen (secondary N) is 1. The number of pyridine rings is 1. The summed E-state index contributed by atoms with van der Waals surface area (Å²) in [5, 5.41) is 7.66. The Kier molecular flexibility index (Phi) is 7.96. The van der Waals surface area contributed by atoms with Gasteiger partial charge in [-0.3, -0.25) is 9.48 Å². The second-order valence-electron chi connectivity index (χ2n) is 7.38. The van der Waals surface area contributed by atoms with Crippen LogP contribution >= 0.6 is 0 Å². The number of fused-ring (bicyclic) bond motifs is 1. The van der Waals surface area contributed by atoms with Crippen molar-refractivity contribution >= 4 is 11.9 Å². The van der Waals surface area contributed by atoms with Gasteiger partial charge in [-0.05, 0) is 50.3 Å². The number of hydrogen-bond acceptors (Lipinski definition) is 6. The maximum Gasteiger partial charge on any atom is 0.356 e. The predicted molar refractivity (Wildman–Crippen MR) is 112 cm³/mol. The molecule has 1 N–H and O–H groups in total. The van der Waals surface area contributed by atoms with Gasteiger partial charge < -0.3 is 14.8 Å². The Labute approximate surface area is 177 Å². The molecule has 3 heterocycles. The van der Waals surface area contributed by atoms with Crippen LogP contribution in [0.1, 0.15) is 64.0 Å². The fraction of sp³-hybridized carbons (Fsp3) is 0.545. The minimum atomic E-state index is -0.427. The maximum atomic E-state index is 12.8. The van der Waals surface area contributed by atoms with Crippen LogP contribution in [0, 0.1) is 6.92 Å². The third kappa shape index (κ3) is 5.66. The minimum Gasteiger partial charge on any atom is -0.461 e. The number of aromatic nitrogens is 3. The molecule has 3 rings (SSSR count). The second kappa shape index (κ2) is 10.9. The molecule has 162 valence electrons. The molecule has 0 radical (unpaired) electrons. The Bertz CT molecular complexity index is 878. The van der Waals surface area contributed by atoms with Crippen LogP contribution in [0.25, 0.3) is 0 Å². The van der Waals surface area contributed by atoms with Crippen LogP contribution in [0.5, 0.6) is 0 Å². The number of esters is 1. The topological polar surface area (TPSA) is 95.3 Å². The van der Waals surface area contributed by atoms with Crippen molar-refractivity contribution in [3.8, 4) is 0 Å². The van der Waals surface area contributed by atoms with E-state index in [-0.39, 0.29) is 12.5 Å². The number of amides is 1. The average molecular weight is 415 g/mol. The molecule has 0 fully saturated rings. The summed E-state index contributed by atoms with van der Waals surface area (Å²) in [5.74, 6) is -0.490. The molecule has 0 spiro atoms. The average Bonchev–Trinajstić information content (AvgIpc) is 3.08. The Morgan fingerprint density at radius 3 is 2.97 bits per heavy atom. The Morgan fingerprint density at radius 1 is 1.33 bits per heavy atom. The summed E-state index contributed by atoms with van der Waals surface area (Å²) < 4.78 is 12.9. The lowest BCUT2D eigenvalue weighted by molar-refractivity contribution is 0.0487.